The Morgan fingerprint density at radius 3 is 2.58 bits per heavy atom. The second-order valence-corrected chi connectivity index (χ2v) is 7.83. The van der Waals surface area contributed by atoms with Crippen molar-refractivity contribution in [3.05, 3.63) is 48.3 Å². The van der Waals surface area contributed by atoms with Gasteiger partial charge in [0.2, 0.25) is 0 Å². The van der Waals surface area contributed by atoms with Crippen molar-refractivity contribution in [3.63, 3.8) is 0 Å². The monoisotopic (exact) mass is 377 g/mol. The number of hydrogen-bond acceptors (Lipinski definition) is 6. The first-order valence-corrected chi connectivity index (χ1v) is 9.40. The molecule has 134 valence electrons. The summed E-state index contributed by atoms with van der Waals surface area (Å²) in [6.07, 6.45) is 1.78. The van der Waals surface area contributed by atoms with Crippen LogP contribution in [0.3, 0.4) is 0 Å². The molecule has 0 fully saturated rings. The average Bonchev–Trinajstić information content (AvgIpc) is 2.91. The first-order valence-electron chi connectivity index (χ1n) is 7.75. The minimum Gasteiger partial charge on any atom is -0.435 e. The van der Waals surface area contributed by atoms with Crippen LogP contribution in [0.25, 0.3) is 10.9 Å². The number of halogens is 2. The van der Waals surface area contributed by atoms with Gasteiger partial charge in [-0.3, -0.25) is 0 Å². The van der Waals surface area contributed by atoms with Crippen LogP contribution in [0.5, 0.6) is 5.75 Å². The van der Waals surface area contributed by atoms with Crippen LogP contribution >= 0.6 is 0 Å². The Morgan fingerprint density at radius 2 is 1.85 bits per heavy atom. The van der Waals surface area contributed by atoms with E-state index in [0.29, 0.717) is 39.3 Å². The SMILES string of the molecule is O=S1(=O)CCc2c1ccc1ncnc(Nc3ccc(OC(F)F)cc3)c21. The maximum absolute atomic E-state index is 12.2. The smallest absolute Gasteiger partial charge is 0.387 e. The molecule has 1 aromatic heterocycles. The number of ether oxygens (including phenoxy) is 1. The van der Waals surface area contributed by atoms with Crippen molar-refractivity contribution in [2.24, 2.45) is 0 Å². The number of fused-ring (bicyclic) bond motifs is 3. The molecule has 0 radical (unpaired) electrons. The van der Waals surface area contributed by atoms with Gasteiger partial charge < -0.3 is 10.1 Å². The highest BCUT2D eigenvalue weighted by Crippen LogP contribution is 2.35. The van der Waals surface area contributed by atoms with Gasteiger partial charge in [0, 0.05) is 11.1 Å². The van der Waals surface area contributed by atoms with Crippen LogP contribution < -0.4 is 10.1 Å². The molecule has 4 rings (SSSR count). The molecule has 0 spiro atoms. The second-order valence-electron chi connectivity index (χ2n) is 5.76. The Bertz CT molecular complexity index is 1090. The summed E-state index contributed by atoms with van der Waals surface area (Å²) in [5, 5.41) is 3.75. The largest absolute Gasteiger partial charge is 0.435 e. The lowest BCUT2D eigenvalue weighted by Gasteiger charge is -2.12. The molecular formula is C17H13F2N3O3S. The van der Waals surface area contributed by atoms with Crippen LogP contribution in [-0.2, 0) is 16.3 Å². The molecule has 0 bridgehead atoms. The summed E-state index contributed by atoms with van der Waals surface area (Å²) in [7, 11) is -3.27. The van der Waals surface area contributed by atoms with Crippen LogP contribution in [0.4, 0.5) is 20.3 Å². The van der Waals surface area contributed by atoms with Gasteiger partial charge in [-0.1, -0.05) is 0 Å². The van der Waals surface area contributed by atoms with Crippen LogP contribution in [0.15, 0.2) is 47.6 Å². The van der Waals surface area contributed by atoms with Crippen molar-refractivity contribution < 1.29 is 21.9 Å². The van der Waals surface area contributed by atoms with Gasteiger partial charge >= 0.3 is 6.61 Å². The lowest BCUT2D eigenvalue weighted by atomic mass is 10.1. The molecule has 0 unspecified atom stereocenters. The summed E-state index contributed by atoms with van der Waals surface area (Å²) >= 11 is 0. The molecule has 6 nitrogen and oxygen atoms in total. The van der Waals surface area contributed by atoms with Crippen LogP contribution in [0, 0.1) is 0 Å². The molecule has 26 heavy (non-hydrogen) atoms. The van der Waals surface area contributed by atoms with Crippen LogP contribution in [-0.4, -0.2) is 30.8 Å². The normalized spacial score (nSPS) is 15.2. The van der Waals surface area contributed by atoms with Crippen molar-refractivity contribution in [1.82, 2.24) is 9.97 Å². The maximum Gasteiger partial charge on any atom is 0.387 e. The third kappa shape index (κ3) is 2.94. The minimum atomic E-state index is -3.27. The van der Waals surface area contributed by atoms with E-state index in [1.165, 1.54) is 18.5 Å². The number of sulfone groups is 1. The fourth-order valence-electron chi connectivity index (χ4n) is 3.04. The lowest BCUT2D eigenvalue weighted by molar-refractivity contribution is -0.0498. The van der Waals surface area contributed by atoms with Crippen molar-refractivity contribution >= 4 is 32.2 Å². The van der Waals surface area contributed by atoms with Gasteiger partial charge in [-0.25, -0.2) is 18.4 Å². The summed E-state index contributed by atoms with van der Waals surface area (Å²) in [5.41, 5.74) is 1.93. The molecule has 0 atom stereocenters. The zero-order valence-electron chi connectivity index (χ0n) is 13.3. The maximum atomic E-state index is 12.2. The van der Waals surface area contributed by atoms with E-state index in [-0.39, 0.29) is 11.5 Å². The van der Waals surface area contributed by atoms with Crippen molar-refractivity contribution in [3.8, 4) is 5.75 Å². The first-order chi connectivity index (χ1) is 12.4. The number of benzene rings is 2. The van der Waals surface area contributed by atoms with Crippen LogP contribution in [0.1, 0.15) is 5.56 Å². The lowest BCUT2D eigenvalue weighted by Crippen LogP contribution is -2.02. The number of rotatable bonds is 4. The number of anilines is 2. The fourth-order valence-corrected chi connectivity index (χ4v) is 4.59. The van der Waals surface area contributed by atoms with E-state index in [1.807, 2.05) is 0 Å². The predicted molar refractivity (Wildman–Crippen MR) is 91.7 cm³/mol. The number of aryl methyl sites for hydroxylation is 1. The molecule has 9 heteroatoms. The quantitative estimate of drug-likeness (QED) is 0.751. The molecular weight excluding hydrogens is 364 g/mol. The highest BCUT2D eigenvalue weighted by Gasteiger charge is 2.29. The molecule has 1 N–H and O–H groups in total. The Morgan fingerprint density at radius 1 is 1.08 bits per heavy atom. The van der Waals surface area contributed by atoms with Crippen molar-refractivity contribution in [2.45, 2.75) is 17.9 Å². The van der Waals surface area contributed by atoms with E-state index < -0.39 is 16.4 Å². The highest BCUT2D eigenvalue weighted by atomic mass is 32.2. The average molecular weight is 377 g/mol. The fraction of sp³-hybridized carbons (Fsp3) is 0.176. The van der Waals surface area contributed by atoms with E-state index >= 15 is 0 Å². The van der Waals surface area contributed by atoms with Crippen LogP contribution in [0.2, 0.25) is 0 Å². The zero-order chi connectivity index (χ0) is 18.3. The Kier molecular flexibility index (Phi) is 3.95. The van der Waals surface area contributed by atoms with Gasteiger partial charge in [-0.15, -0.1) is 0 Å². The Labute approximate surface area is 147 Å². The number of nitrogens with zero attached hydrogens (tertiary/aromatic N) is 2. The van der Waals surface area contributed by atoms with E-state index in [2.05, 4.69) is 20.0 Å². The molecule has 0 saturated carbocycles. The number of hydrogen-bond donors (Lipinski definition) is 1. The van der Waals surface area contributed by atoms with Gasteiger partial charge in [0.15, 0.2) is 9.84 Å². The molecule has 0 saturated heterocycles. The Hall–Kier alpha value is -2.81. The minimum absolute atomic E-state index is 0.0464. The molecule has 0 aliphatic carbocycles. The zero-order valence-corrected chi connectivity index (χ0v) is 14.1. The summed E-state index contributed by atoms with van der Waals surface area (Å²) < 4.78 is 53.1. The van der Waals surface area contributed by atoms with Gasteiger partial charge in [0.25, 0.3) is 0 Å². The number of aromatic nitrogens is 2. The summed E-state index contributed by atoms with van der Waals surface area (Å²) in [4.78, 5) is 8.75. The van der Waals surface area contributed by atoms with E-state index in [0.717, 1.165) is 0 Å². The van der Waals surface area contributed by atoms with Gasteiger partial charge in [0.1, 0.15) is 17.9 Å². The van der Waals surface area contributed by atoms with Gasteiger partial charge in [-0.05, 0) is 48.4 Å². The first kappa shape index (κ1) is 16.6. The summed E-state index contributed by atoms with van der Waals surface area (Å²) in [5.74, 6) is 0.576. The van der Waals surface area contributed by atoms with E-state index in [1.54, 1.807) is 24.3 Å². The third-order valence-electron chi connectivity index (χ3n) is 4.17. The topological polar surface area (TPSA) is 81.2 Å². The van der Waals surface area contributed by atoms with Crippen molar-refractivity contribution in [1.29, 1.82) is 0 Å². The predicted octanol–water partition coefficient (Wildman–Crippen LogP) is 3.30. The third-order valence-corrected chi connectivity index (χ3v) is 5.96. The summed E-state index contributed by atoms with van der Waals surface area (Å²) in [6, 6.07) is 9.20. The number of nitrogens with one attached hydrogen (secondary N) is 1. The van der Waals surface area contributed by atoms with E-state index in [4.69, 9.17) is 0 Å². The molecule has 1 aliphatic rings. The standard InChI is InChI=1S/C17H13F2N3O3S/c18-17(19)25-11-3-1-10(2-4-11)22-16-15-12-7-8-26(23,24)14(12)6-5-13(15)20-9-21-16/h1-6,9,17H,7-8H2,(H,20,21,22). The van der Waals surface area contributed by atoms with Gasteiger partial charge in [0.05, 0.1) is 16.2 Å². The summed E-state index contributed by atoms with van der Waals surface area (Å²) in [6.45, 7) is -2.89. The molecule has 2 aromatic carbocycles. The molecule has 2 heterocycles. The van der Waals surface area contributed by atoms with Crippen molar-refractivity contribution in [2.75, 3.05) is 11.1 Å². The Balaban J connectivity index is 1.74. The number of alkyl halides is 2. The molecule has 0 amide bonds. The van der Waals surface area contributed by atoms with Gasteiger partial charge in [-0.2, -0.15) is 8.78 Å². The molecule has 1 aliphatic heterocycles. The second kappa shape index (κ2) is 6.17. The molecule has 3 aromatic rings. The van der Waals surface area contributed by atoms with E-state index in [9.17, 15) is 17.2 Å². The highest BCUT2D eigenvalue weighted by molar-refractivity contribution is 7.91.